The van der Waals surface area contributed by atoms with E-state index in [0.717, 1.165) is 36.0 Å². The lowest BCUT2D eigenvalue weighted by atomic mass is 9.87. The largest absolute Gasteiger partial charge is 0.268 e. The molecule has 2 aliphatic rings. The summed E-state index contributed by atoms with van der Waals surface area (Å²) in [6.07, 6.45) is 5.20. The fourth-order valence-electron chi connectivity index (χ4n) is 4.95. The van der Waals surface area contributed by atoms with Gasteiger partial charge in [0.1, 0.15) is 0 Å². The molecule has 2 atom stereocenters. The predicted molar refractivity (Wildman–Crippen MR) is 111 cm³/mol. The number of rotatable bonds is 3. The minimum absolute atomic E-state index is 0.362. The first kappa shape index (κ1) is 17.9. The Kier molecular flexibility index (Phi) is 4.30. The van der Waals surface area contributed by atoms with Crippen LogP contribution in [0, 0.1) is 6.92 Å². The first-order valence-electron chi connectivity index (χ1n) is 9.99. The Morgan fingerprint density at radius 2 is 1.89 bits per heavy atom. The summed E-state index contributed by atoms with van der Waals surface area (Å²) in [7, 11) is -3.62. The van der Waals surface area contributed by atoms with Gasteiger partial charge in [-0.1, -0.05) is 30.3 Å². The highest BCUT2D eigenvalue weighted by Crippen LogP contribution is 2.40. The second-order valence-corrected chi connectivity index (χ2v) is 9.65. The Labute approximate surface area is 166 Å². The molecule has 3 aromatic rings. The number of hydrogen-bond acceptors (Lipinski definition) is 4. The average molecular weight is 396 g/mol. The van der Waals surface area contributed by atoms with Crippen molar-refractivity contribution in [2.24, 2.45) is 0 Å². The van der Waals surface area contributed by atoms with Crippen LogP contribution in [0.2, 0.25) is 0 Å². The van der Waals surface area contributed by atoms with Crippen LogP contribution in [-0.4, -0.2) is 36.5 Å². The van der Waals surface area contributed by atoms with Crippen molar-refractivity contribution in [3.63, 3.8) is 0 Å². The van der Waals surface area contributed by atoms with Crippen molar-refractivity contribution in [3.05, 3.63) is 65.9 Å². The number of aromatic nitrogens is 1. The summed E-state index contributed by atoms with van der Waals surface area (Å²) in [6.45, 7) is 3.94. The molecule has 0 radical (unpaired) electrons. The van der Waals surface area contributed by atoms with Crippen LogP contribution in [0.1, 0.15) is 36.3 Å². The van der Waals surface area contributed by atoms with Crippen molar-refractivity contribution in [2.45, 2.75) is 43.0 Å². The maximum absolute atomic E-state index is 13.3. The summed E-state index contributed by atoms with van der Waals surface area (Å²) in [4.78, 5) is 0.362. The molecule has 2 fully saturated rings. The average Bonchev–Trinajstić information content (AvgIpc) is 3.33. The number of nitrogens with one attached hydrogen (secondary N) is 1. The van der Waals surface area contributed by atoms with Crippen LogP contribution < -0.4 is 5.43 Å². The highest BCUT2D eigenvalue weighted by molar-refractivity contribution is 7.90. The highest BCUT2D eigenvalue weighted by Gasteiger charge is 2.37. The van der Waals surface area contributed by atoms with E-state index in [1.807, 2.05) is 37.3 Å². The molecule has 2 aliphatic heterocycles. The van der Waals surface area contributed by atoms with E-state index >= 15 is 0 Å². The molecule has 0 saturated carbocycles. The number of nitrogens with zero attached hydrogens (tertiary/aromatic N) is 2. The summed E-state index contributed by atoms with van der Waals surface area (Å²) in [5.41, 5.74) is 6.32. The van der Waals surface area contributed by atoms with Crippen LogP contribution >= 0.6 is 0 Å². The van der Waals surface area contributed by atoms with Crippen molar-refractivity contribution in [1.82, 2.24) is 14.4 Å². The molecule has 1 aromatic heterocycles. The summed E-state index contributed by atoms with van der Waals surface area (Å²) < 4.78 is 28.1. The van der Waals surface area contributed by atoms with Gasteiger partial charge in [-0.15, -0.1) is 0 Å². The Morgan fingerprint density at radius 1 is 1.04 bits per heavy atom. The lowest BCUT2D eigenvalue weighted by Gasteiger charge is -2.33. The standard InChI is InChI=1S/C22H25N3O2S/c1-16-6-2-3-10-22(16)28(26,27)25-15-12-19-17(7-4-8-21(19)25)18-11-14-24-20(18)9-5-13-23-24/h2-4,6-8,10,12,15,18,20,23H,5,9,11,13-14H2,1H3. The summed E-state index contributed by atoms with van der Waals surface area (Å²) in [5, 5.41) is 3.44. The number of hydrogen-bond donors (Lipinski definition) is 1. The minimum atomic E-state index is -3.62. The van der Waals surface area contributed by atoms with Gasteiger partial charge in [-0.2, -0.15) is 0 Å². The Hall–Kier alpha value is -2.15. The molecule has 1 N–H and O–H groups in total. The van der Waals surface area contributed by atoms with Gasteiger partial charge in [-0.25, -0.2) is 17.4 Å². The van der Waals surface area contributed by atoms with Gasteiger partial charge in [0.15, 0.2) is 0 Å². The van der Waals surface area contributed by atoms with E-state index in [4.69, 9.17) is 0 Å². The van der Waals surface area contributed by atoms with Crippen LogP contribution in [-0.2, 0) is 10.0 Å². The van der Waals surface area contributed by atoms with Gasteiger partial charge in [0.25, 0.3) is 10.0 Å². The number of hydrazine groups is 1. The molecule has 5 nitrogen and oxygen atoms in total. The fourth-order valence-corrected chi connectivity index (χ4v) is 6.53. The molecule has 0 amide bonds. The quantitative estimate of drug-likeness (QED) is 0.736. The molecule has 5 rings (SSSR count). The normalized spacial score (nSPS) is 23.2. The number of aryl methyl sites for hydroxylation is 1. The number of fused-ring (bicyclic) bond motifs is 2. The molecular formula is C22H25N3O2S. The van der Waals surface area contributed by atoms with E-state index in [0.29, 0.717) is 16.9 Å². The smallest absolute Gasteiger partial charge is 0.255 e. The van der Waals surface area contributed by atoms with Gasteiger partial charge < -0.3 is 0 Å². The third kappa shape index (κ3) is 2.70. The van der Waals surface area contributed by atoms with Crippen LogP contribution in [0.5, 0.6) is 0 Å². The van der Waals surface area contributed by atoms with Crippen LogP contribution in [0.15, 0.2) is 59.6 Å². The van der Waals surface area contributed by atoms with Gasteiger partial charge in [-0.05, 0) is 55.5 Å². The van der Waals surface area contributed by atoms with Crippen molar-refractivity contribution in [2.75, 3.05) is 13.1 Å². The third-order valence-electron chi connectivity index (χ3n) is 6.30. The first-order valence-corrected chi connectivity index (χ1v) is 11.4. The van der Waals surface area contributed by atoms with Crippen LogP contribution in [0.3, 0.4) is 0 Å². The van der Waals surface area contributed by atoms with Crippen LogP contribution in [0.25, 0.3) is 10.9 Å². The number of benzene rings is 2. The topological polar surface area (TPSA) is 54.3 Å². The maximum atomic E-state index is 13.3. The zero-order chi connectivity index (χ0) is 19.3. The highest BCUT2D eigenvalue weighted by atomic mass is 32.2. The molecule has 3 heterocycles. The maximum Gasteiger partial charge on any atom is 0.268 e. The van der Waals surface area contributed by atoms with Gasteiger partial charge in [0.05, 0.1) is 10.4 Å². The summed E-state index contributed by atoms with van der Waals surface area (Å²) in [5.74, 6) is 0.438. The van der Waals surface area contributed by atoms with Crippen molar-refractivity contribution >= 4 is 20.9 Å². The van der Waals surface area contributed by atoms with E-state index in [9.17, 15) is 8.42 Å². The van der Waals surface area contributed by atoms with E-state index in [1.165, 1.54) is 22.4 Å². The molecule has 2 unspecified atom stereocenters. The Morgan fingerprint density at radius 3 is 2.75 bits per heavy atom. The van der Waals surface area contributed by atoms with Gasteiger partial charge in [0, 0.05) is 36.6 Å². The second-order valence-electron chi connectivity index (χ2n) is 7.87. The SMILES string of the molecule is Cc1ccccc1S(=O)(=O)n1ccc2c(C3CCN4NCCCC34)cccc21. The molecule has 2 saturated heterocycles. The van der Waals surface area contributed by atoms with Crippen molar-refractivity contribution in [3.8, 4) is 0 Å². The summed E-state index contributed by atoms with van der Waals surface area (Å²) >= 11 is 0. The Balaban J connectivity index is 1.61. The second kappa shape index (κ2) is 6.72. The Bertz CT molecular complexity index is 1140. The predicted octanol–water partition coefficient (Wildman–Crippen LogP) is 3.64. The first-order chi connectivity index (χ1) is 13.6. The van der Waals surface area contributed by atoms with Crippen molar-refractivity contribution < 1.29 is 8.42 Å². The molecule has 0 spiro atoms. The van der Waals surface area contributed by atoms with E-state index in [-0.39, 0.29) is 0 Å². The molecule has 0 bridgehead atoms. The van der Waals surface area contributed by atoms with E-state index < -0.39 is 10.0 Å². The van der Waals surface area contributed by atoms with Gasteiger partial charge in [0.2, 0.25) is 0 Å². The zero-order valence-corrected chi connectivity index (χ0v) is 16.8. The molecule has 0 aliphatic carbocycles. The monoisotopic (exact) mass is 395 g/mol. The van der Waals surface area contributed by atoms with Crippen molar-refractivity contribution in [1.29, 1.82) is 0 Å². The molecule has 146 valence electrons. The lowest BCUT2D eigenvalue weighted by molar-refractivity contribution is 0.121. The minimum Gasteiger partial charge on any atom is -0.255 e. The molecule has 2 aromatic carbocycles. The summed E-state index contributed by atoms with van der Waals surface area (Å²) in [6, 6.07) is 15.7. The van der Waals surface area contributed by atoms with Gasteiger partial charge in [-0.3, -0.25) is 5.43 Å². The molecule has 6 heteroatoms. The van der Waals surface area contributed by atoms with Gasteiger partial charge >= 0.3 is 0 Å². The zero-order valence-electron chi connectivity index (χ0n) is 16.0. The third-order valence-corrected chi connectivity index (χ3v) is 8.15. The lowest BCUT2D eigenvalue weighted by Crippen LogP contribution is -2.47. The van der Waals surface area contributed by atoms with E-state index in [1.54, 1.807) is 18.3 Å². The van der Waals surface area contributed by atoms with E-state index in [2.05, 4.69) is 16.5 Å². The molecule has 28 heavy (non-hydrogen) atoms. The van der Waals surface area contributed by atoms with Crippen LogP contribution in [0.4, 0.5) is 0 Å². The fraction of sp³-hybridized carbons (Fsp3) is 0.364. The molecular weight excluding hydrogens is 370 g/mol.